The number of carbonyl (C=O) groups is 2. The van der Waals surface area contributed by atoms with Crippen LogP contribution >= 0.6 is 15.9 Å². The lowest BCUT2D eigenvalue weighted by Gasteiger charge is -2.38. The number of ether oxygens (including phenoxy) is 1. The number of hydrogen-bond donors (Lipinski definition) is 1. The van der Waals surface area contributed by atoms with Crippen LogP contribution in [0.4, 0.5) is 5.69 Å². The van der Waals surface area contributed by atoms with Crippen LogP contribution in [0.5, 0.6) is 11.5 Å². The van der Waals surface area contributed by atoms with E-state index < -0.39 is 17.9 Å². The largest absolute Gasteiger partial charge is 0.481 e. The predicted molar refractivity (Wildman–Crippen MR) is 91.2 cm³/mol. The number of fused-ring (bicyclic) bond motifs is 5. The molecule has 6 heteroatoms. The summed E-state index contributed by atoms with van der Waals surface area (Å²) < 4.78 is 6.82. The summed E-state index contributed by atoms with van der Waals surface area (Å²) in [6.45, 7) is 0. The SMILES string of the molecule is O=C(O)C1CCC(=O)N2c3cc(Br)ccc3Oc3ccccc3C12. The van der Waals surface area contributed by atoms with Gasteiger partial charge in [0.25, 0.3) is 0 Å². The fraction of sp³-hybridized carbons (Fsp3) is 0.222. The van der Waals surface area contributed by atoms with Gasteiger partial charge in [-0.15, -0.1) is 0 Å². The van der Waals surface area contributed by atoms with Gasteiger partial charge >= 0.3 is 5.97 Å². The fourth-order valence-electron chi connectivity index (χ4n) is 3.49. The van der Waals surface area contributed by atoms with Crippen molar-refractivity contribution in [3.05, 3.63) is 52.5 Å². The Morgan fingerprint density at radius 3 is 2.79 bits per heavy atom. The first-order valence-electron chi connectivity index (χ1n) is 7.67. The summed E-state index contributed by atoms with van der Waals surface area (Å²) in [6.07, 6.45) is 0.536. The van der Waals surface area contributed by atoms with Crippen LogP contribution in [0.15, 0.2) is 46.9 Å². The van der Waals surface area contributed by atoms with Crippen LogP contribution in [0.2, 0.25) is 0 Å². The second-order valence-electron chi connectivity index (χ2n) is 5.94. The number of rotatable bonds is 1. The van der Waals surface area contributed by atoms with Gasteiger partial charge in [0, 0.05) is 16.5 Å². The Kier molecular flexibility index (Phi) is 3.57. The average molecular weight is 388 g/mol. The molecule has 0 aromatic heterocycles. The van der Waals surface area contributed by atoms with Crippen LogP contribution in [0.3, 0.4) is 0 Å². The molecule has 2 aliphatic rings. The van der Waals surface area contributed by atoms with E-state index in [1.165, 1.54) is 0 Å². The normalized spacial score (nSPS) is 21.9. The molecule has 0 bridgehead atoms. The van der Waals surface area contributed by atoms with E-state index in [1.807, 2.05) is 30.3 Å². The van der Waals surface area contributed by atoms with Crippen molar-refractivity contribution >= 4 is 33.5 Å². The summed E-state index contributed by atoms with van der Waals surface area (Å²) in [5.74, 6) is -0.512. The molecule has 0 aliphatic carbocycles. The summed E-state index contributed by atoms with van der Waals surface area (Å²) in [5.41, 5.74) is 1.33. The minimum Gasteiger partial charge on any atom is -0.481 e. The third-order valence-electron chi connectivity index (χ3n) is 4.55. The van der Waals surface area contributed by atoms with Gasteiger partial charge in [0.1, 0.15) is 5.75 Å². The van der Waals surface area contributed by atoms with Crippen molar-refractivity contribution in [1.82, 2.24) is 0 Å². The quantitative estimate of drug-likeness (QED) is 0.798. The van der Waals surface area contributed by atoms with Crippen molar-refractivity contribution in [3.63, 3.8) is 0 Å². The zero-order chi connectivity index (χ0) is 16.8. The highest BCUT2D eigenvalue weighted by Gasteiger charge is 2.45. The lowest BCUT2D eigenvalue weighted by Crippen LogP contribution is -2.45. The molecule has 1 amide bonds. The maximum absolute atomic E-state index is 12.7. The molecule has 0 saturated carbocycles. The Morgan fingerprint density at radius 2 is 2.00 bits per heavy atom. The van der Waals surface area contributed by atoms with Gasteiger partial charge < -0.3 is 14.7 Å². The molecule has 2 unspecified atom stereocenters. The number of piperidine rings is 1. The minimum absolute atomic E-state index is 0.0860. The first kappa shape index (κ1) is 15.2. The number of amides is 1. The number of carboxylic acid groups (broad SMARTS) is 1. The Balaban J connectivity index is 2.00. The second kappa shape index (κ2) is 5.63. The van der Waals surface area contributed by atoms with Gasteiger partial charge in [-0.2, -0.15) is 0 Å². The molecular formula is C18H14BrNO4. The van der Waals surface area contributed by atoms with E-state index in [0.29, 0.717) is 23.6 Å². The van der Waals surface area contributed by atoms with Crippen LogP contribution in [-0.4, -0.2) is 17.0 Å². The number of benzene rings is 2. The number of anilines is 1. The first-order valence-corrected chi connectivity index (χ1v) is 8.47. The monoisotopic (exact) mass is 387 g/mol. The Labute approximate surface area is 147 Å². The standard InChI is InChI=1S/C18H14BrNO4/c19-10-5-7-15-13(9-10)20-16(21)8-6-12(18(22)23)17(20)11-3-1-2-4-14(11)24-15/h1-5,7,9,12,17H,6,8H2,(H,22,23). The van der Waals surface area contributed by atoms with E-state index in [9.17, 15) is 14.7 Å². The molecule has 2 aliphatic heterocycles. The third kappa shape index (κ3) is 2.29. The van der Waals surface area contributed by atoms with Crippen molar-refractivity contribution in [2.45, 2.75) is 18.9 Å². The molecule has 5 nitrogen and oxygen atoms in total. The number of hydrogen-bond acceptors (Lipinski definition) is 3. The van der Waals surface area contributed by atoms with Gasteiger partial charge in [0.2, 0.25) is 5.91 Å². The highest BCUT2D eigenvalue weighted by atomic mass is 79.9. The smallest absolute Gasteiger partial charge is 0.308 e. The summed E-state index contributed by atoms with van der Waals surface area (Å²) in [6, 6.07) is 12.2. The Morgan fingerprint density at radius 1 is 1.21 bits per heavy atom. The predicted octanol–water partition coefficient (Wildman–Crippen LogP) is 4.12. The van der Waals surface area contributed by atoms with Crippen LogP contribution < -0.4 is 9.64 Å². The van der Waals surface area contributed by atoms with Gasteiger partial charge in [-0.1, -0.05) is 34.1 Å². The molecule has 2 aromatic carbocycles. The zero-order valence-corrected chi connectivity index (χ0v) is 14.2. The molecule has 4 rings (SSSR count). The number of aliphatic carboxylic acids is 1. The molecule has 1 fully saturated rings. The number of nitrogens with zero attached hydrogens (tertiary/aromatic N) is 1. The van der Waals surface area contributed by atoms with E-state index in [2.05, 4.69) is 15.9 Å². The lowest BCUT2D eigenvalue weighted by molar-refractivity contribution is -0.144. The highest BCUT2D eigenvalue weighted by Crippen LogP contribution is 2.50. The van der Waals surface area contributed by atoms with E-state index >= 15 is 0 Å². The van der Waals surface area contributed by atoms with Crippen molar-refractivity contribution in [3.8, 4) is 11.5 Å². The molecule has 24 heavy (non-hydrogen) atoms. The lowest BCUT2D eigenvalue weighted by atomic mass is 9.83. The molecular weight excluding hydrogens is 374 g/mol. The van der Waals surface area contributed by atoms with Gasteiger partial charge in [-0.25, -0.2) is 0 Å². The molecule has 0 spiro atoms. The number of halogens is 1. The Bertz CT molecular complexity index is 851. The van der Waals surface area contributed by atoms with Gasteiger partial charge in [-0.3, -0.25) is 9.59 Å². The van der Waals surface area contributed by atoms with Crippen molar-refractivity contribution in [2.24, 2.45) is 5.92 Å². The molecule has 1 N–H and O–H groups in total. The topological polar surface area (TPSA) is 66.8 Å². The number of carboxylic acids is 1. The third-order valence-corrected chi connectivity index (χ3v) is 5.05. The maximum atomic E-state index is 12.7. The van der Waals surface area contributed by atoms with Gasteiger partial charge in [-0.05, 0) is 30.7 Å². The fourth-order valence-corrected chi connectivity index (χ4v) is 3.84. The highest BCUT2D eigenvalue weighted by molar-refractivity contribution is 9.10. The number of para-hydroxylation sites is 1. The van der Waals surface area contributed by atoms with Crippen LogP contribution in [0.1, 0.15) is 24.4 Å². The van der Waals surface area contributed by atoms with E-state index in [4.69, 9.17) is 4.74 Å². The van der Waals surface area contributed by atoms with E-state index in [1.54, 1.807) is 17.0 Å². The minimum atomic E-state index is -0.897. The summed E-state index contributed by atoms with van der Waals surface area (Å²) in [7, 11) is 0. The molecule has 1 saturated heterocycles. The Hall–Kier alpha value is -2.34. The molecule has 2 heterocycles. The second-order valence-corrected chi connectivity index (χ2v) is 6.86. The number of carbonyl (C=O) groups excluding carboxylic acids is 1. The van der Waals surface area contributed by atoms with Crippen molar-refractivity contribution < 1.29 is 19.4 Å². The average Bonchev–Trinajstić information content (AvgIpc) is 2.70. The van der Waals surface area contributed by atoms with Crippen LogP contribution in [-0.2, 0) is 9.59 Å². The maximum Gasteiger partial charge on any atom is 0.308 e. The summed E-state index contributed by atoms with van der Waals surface area (Å²) >= 11 is 3.42. The van der Waals surface area contributed by atoms with E-state index in [0.717, 1.165) is 10.0 Å². The van der Waals surface area contributed by atoms with Gasteiger partial charge in [0.05, 0.1) is 17.6 Å². The van der Waals surface area contributed by atoms with E-state index in [-0.39, 0.29) is 12.3 Å². The van der Waals surface area contributed by atoms with Crippen LogP contribution in [0.25, 0.3) is 0 Å². The van der Waals surface area contributed by atoms with Crippen LogP contribution in [0, 0.1) is 5.92 Å². The summed E-state index contributed by atoms with van der Waals surface area (Å²) in [5, 5.41) is 9.70. The summed E-state index contributed by atoms with van der Waals surface area (Å²) in [4.78, 5) is 26.1. The molecule has 0 radical (unpaired) electrons. The molecule has 122 valence electrons. The van der Waals surface area contributed by atoms with Gasteiger partial charge in [0.15, 0.2) is 5.75 Å². The van der Waals surface area contributed by atoms with Crippen molar-refractivity contribution in [2.75, 3.05) is 4.90 Å². The first-order chi connectivity index (χ1) is 11.6. The van der Waals surface area contributed by atoms with Crippen molar-refractivity contribution in [1.29, 1.82) is 0 Å². The molecule has 2 atom stereocenters. The molecule has 2 aromatic rings. The zero-order valence-electron chi connectivity index (χ0n) is 12.6.